The van der Waals surface area contributed by atoms with Gasteiger partial charge in [-0.15, -0.1) is 11.3 Å². The molecular formula is C13H19BrOS. The van der Waals surface area contributed by atoms with Gasteiger partial charge in [0.15, 0.2) is 0 Å². The van der Waals surface area contributed by atoms with Crippen molar-refractivity contribution < 1.29 is 5.11 Å². The number of rotatable bonds is 2. The molecule has 0 radical (unpaired) electrons. The Morgan fingerprint density at radius 3 is 2.62 bits per heavy atom. The van der Waals surface area contributed by atoms with Gasteiger partial charge in [-0.3, -0.25) is 0 Å². The van der Waals surface area contributed by atoms with E-state index in [0.29, 0.717) is 5.92 Å². The van der Waals surface area contributed by atoms with E-state index in [1.165, 1.54) is 12.8 Å². The lowest BCUT2D eigenvalue weighted by molar-refractivity contribution is 0.0586. The summed E-state index contributed by atoms with van der Waals surface area (Å²) in [6.07, 6.45) is 3.33. The fourth-order valence-electron chi connectivity index (χ4n) is 2.60. The van der Waals surface area contributed by atoms with Crippen LogP contribution in [0.15, 0.2) is 15.9 Å². The lowest BCUT2D eigenvalue weighted by Gasteiger charge is -2.34. The van der Waals surface area contributed by atoms with E-state index < -0.39 is 0 Å². The van der Waals surface area contributed by atoms with E-state index in [4.69, 9.17) is 0 Å². The van der Waals surface area contributed by atoms with E-state index in [2.05, 4.69) is 29.8 Å². The molecule has 1 fully saturated rings. The first-order valence-corrected chi connectivity index (χ1v) is 7.62. The van der Waals surface area contributed by atoms with Crippen LogP contribution < -0.4 is 0 Å². The third-order valence-corrected chi connectivity index (χ3v) is 5.67. The van der Waals surface area contributed by atoms with E-state index in [-0.39, 0.29) is 6.10 Å². The number of aliphatic hydroxyl groups excluding tert-OH is 1. The van der Waals surface area contributed by atoms with Crippen LogP contribution in [0.3, 0.4) is 0 Å². The Kier molecular flexibility index (Phi) is 4.09. The number of thiophene rings is 1. The Morgan fingerprint density at radius 2 is 2.06 bits per heavy atom. The van der Waals surface area contributed by atoms with Crippen LogP contribution >= 0.6 is 27.3 Å². The average molecular weight is 303 g/mol. The van der Waals surface area contributed by atoms with Crippen molar-refractivity contribution in [1.82, 2.24) is 0 Å². The maximum Gasteiger partial charge on any atom is 0.0910 e. The van der Waals surface area contributed by atoms with Gasteiger partial charge in [0.25, 0.3) is 0 Å². The lowest BCUT2D eigenvalue weighted by atomic mass is 9.74. The zero-order valence-corrected chi connectivity index (χ0v) is 12.2. The summed E-state index contributed by atoms with van der Waals surface area (Å²) in [7, 11) is 0. The molecule has 1 aliphatic carbocycles. The van der Waals surface area contributed by atoms with Crippen molar-refractivity contribution in [3.63, 3.8) is 0 Å². The Hall–Kier alpha value is 0.140. The van der Waals surface area contributed by atoms with Gasteiger partial charge >= 0.3 is 0 Å². The topological polar surface area (TPSA) is 20.2 Å². The van der Waals surface area contributed by atoms with Crippen LogP contribution in [0.5, 0.6) is 0 Å². The van der Waals surface area contributed by atoms with Crippen LogP contribution in [0.1, 0.15) is 44.1 Å². The smallest absolute Gasteiger partial charge is 0.0910 e. The van der Waals surface area contributed by atoms with E-state index in [1.807, 2.05) is 12.1 Å². The molecule has 4 unspecified atom stereocenters. The molecule has 16 heavy (non-hydrogen) atoms. The van der Waals surface area contributed by atoms with Crippen LogP contribution in [0.25, 0.3) is 0 Å². The minimum atomic E-state index is -0.258. The molecule has 2 rings (SSSR count). The number of hydrogen-bond donors (Lipinski definition) is 1. The van der Waals surface area contributed by atoms with Crippen LogP contribution in [0.4, 0.5) is 0 Å². The molecule has 0 amide bonds. The van der Waals surface area contributed by atoms with E-state index in [9.17, 15) is 5.11 Å². The van der Waals surface area contributed by atoms with Crippen molar-refractivity contribution in [2.45, 2.75) is 39.2 Å². The van der Waals surface area contributed by atoms with Gasteiger partial charge in [-0.2, -0.15) is 0 Å². The highest BCUT2D eigenvalue weighted by molar-refractivity contribution is 9.11. The zero-order valence-electron chi connectivity index (χ0n) is 9.82. The van der Waals surface area contributed by atoms with E-state index >= 15 is 0 Å². The van der Waals surface area contributed by atoms with Crippen molar-refractivity contribution in [1.29, 1.82) is 0 Å². The third kappa shape index (κ3) is 2.69. The van der Waals surface area contributed by atoms with Crippen molar-refractivity contribution in [2.75, 3.05) is 0 Å². The minimum Gasteiger partial charge on any atom is -0.387 e. The average Bonchev–Trinajstić information content (AvgIpc) is 2.68. The molecule has 1 heterocycles. The molecule has 0 saturated heterocycles. The lowest BCUT2D eigenvalue weighted by Crippen LogP contribution is -2.24. The highest BCUT2D eigenvalue weighted by Gasteiger charge is 2.30. The summed E-state index contributed by atoms with van der Waals surface area (Å²) in [5.74, 6) is 2.02. The fraction of sp³-hybridized carbons (Fsp3) is 0.692. The maximum absolute atomic E-state index is 10.4. The molecule has 0 aromatic carbocycles. The Morgan fingerprint density at radius 1 is 1.31 bits per heavy atom. The van der Waals surface area contributed by atoms with Crippen LogP contribution in [0, 0.1) is 17.8 Å². The van der Waals surface area contributed by atoms with E-state index in [0.717, 1.165) is 26.9 Å². The first-order valence-electron chi connectivity index (χ1n) is 6.01. The summed E-state index contributed by atoms with van der Waals surface area (Å²) in [5, 5.41) is 10.4. The van der Waals surface area contributed by atoms with Crippen molar-refractivity contribution in [2.24, 2.45) is 17.8 Å². The first kappa shape index (κ1) is 12.6. The second-order valence-electron chi connectivity index (χ2n) is 5.11. The zero-order chi connectivity index (χ0) is 11.7. The van der Waals surface area contributed by atoms with Gasteiger partial charge in [-0.25, -0.2) is 0 Å². The molecular weight excluding hydrogens is 284 g/mol. The fourth-order valence-corrected chi connectivity index (χ4v) is 4.10. The number of aliphatic hydroxyl groups is 1. The largest absolute Gasteiger partial charge is 0.387 e. The Balaban J connectivity index is 2.02. The summed E-state index contributed by atoms with van der Waals surface area (Å²) in [6, 6.07) is 4.07. The summed E-state index contributed by atoms with van der Waals surface area (Å²) >= 11 is 5.11. The molecule has 0 spiro atoms. The first-order chi connectivity index (χ1) is 7.58. The van der Waals surface area contributed by atoms with Crippen molar-refractivity contribution in [3.8, 4) is 0 Å². The van der Waals surface area contributed by atoms with Gasteiger partial charge in [0.05, 0.1) is 9.89 Å². The number of hydrogen-bond acceptors (Lipinski definition) is 2. The van der Waals surface area contributed by atoms with Gasteiger partial charge < -0.3 is 5.11 Å². The molecule has 1 aromatic heterocycles. The second-order valence-corrected chi connectivity index (χ2v) is 7.61. The summed E-state index contributed by atoms with van der Waals surface area (Å²) in [5.41, 5.74) is 0. The SMILES string of the molecule is CC1CCC(C(O)c2ccc(Br)s2)CC1C. The monoisotopic (exact) mass is 302 g/mol. The molecule has 1 aliphatic rings. The van der Waals surface area contributed by atoms with Gasteiger partial charge in [0.2, 0.25) is 0 Å². The second kappa shape index (κ2) is 5.19. The Labute approximate surface area is 110 Å². The predicted octanol–water partition coefficient (Wildman–Crippen LogP) is 4.62. The van der Waals surface area contributed by atoms with Crippen molar-refractivity contribution in [3.05, 3.63) is 20.8 Å². The van der Waals surface area contributed by atoms with Gasteiger partial charge in [-0.1, -0.05) is 20.3 Å². The quantitative estimate of drug-likeness (QED) is 0.845. The summed E-state index contributed by atoms with van der Waals surface area (Å²) in [6.45, 7) is 4.64. The van der Waals surface area contributed by atoms with E-state index in [1.54, 1.807) is 11.3 Å². The van der Waals surface area contributed by atoms with Gasteiger partial charge in [0, 0.05) is 4.88 Å². The molecule has 3 heteroatoms. The molecule has 0 aliphatic heterocycles. The summed E-state index contributed by atoms with van der Waals surface area (Å²) in [4.78, 5) is 1.11. The molecule has 4 atom stereocenters. The number of halogens is 1. The normalized spacial score (nSPS) is 32.6. The van der Waals surface area contributed by atoms with Crippen LogP contribution in [-0.2, 0) is 0 Å². The summed E-state index contributed by atoms with van der Waals surface area (Å²) < 4.78 is 1.11. The Bertz CT molecular complexity index is 349. The predicted molar refractivity (Wildman–Crippen MR) is 72.6 cm³/mol. The highest BCUT2D eigenvalue weighted by Crippen LogP contribution is 2.41. The minimum absolute atomic E-state index is 0.258. The molecule has 90 valence electrons. The van der Waals surface area contributed by atoms with Gasteiger partial charge in [0.1, 0.15) is 0 Å². The van der Waals surface area contributed by atoms with Crippen LogP contribution in [-0.4, -0.2) is 5.11 Å². The molecule has 1 N–H and O–H groups in total. The molecule has 0 bridgehead atoms. The molecule has 1 saturated carbocycles. The molecule has 1 nitrogen and oxygen atoms in total. The standard InChI is InChI=1S/C13H19BrOS/c1-8-3-4-10(7-9(8)2)13(15)11-5-6-12(14)16-11/h5-6,8-10,13,15H,3-4,7H2,1-2H3. The molecule has 1 aromatic rings. The highest BCUT2D eigenvalue weighted by atomic mass is 79.9. The van der Waals surface area contributed by atoms with Gasteiger partial charge in [-0.05, 0) is 58.7 Å². The van der Waals surface area contributed by atoms with Crippen LogP contribution in [0.2, 0.25) is 0 Å². The maximum atomic E-state index is 10.4. The van der Waals surface area contributed by atoms with Crippen molar-refractivity contribution >= 4 is 27.3 Å². The third-order valence-electron chi connectivity index (χ3n) is 3.97.